The second-order valence-corrected chi connectivity index (χ2v) is 6.03. The molecule has 1 amide bonds. The molecule has 0 aromatic carbocycles. The van der Waals surface area contributed by atoms with Crippen molar-refractivity contribution in [3.05, 3.63) is 0 Å². The molecule has 0 saturated heterocycles. The number of hydrogen-bond acceptors (Lipinski definition) is 3. The number of amides is 1. The van der Waals surface area contributed by atoms with E-state index in [1.165, 1.54) is 6.92 Å². The summed E-state index contributed by atoms with van der Waals surface area (Å²) in [6, 6.07) is 0. The van der Waals surface area contributed by atoms with Gasteiger partial charge in [-0.15, -0.1) is 0 Å². The molecule has 0 heterocycles. The minimum absolute atomic E-state index is 0.112. The lowest BCUT2D eigenvalue weighted by Gasteiger charge is -2.35. The molecule has 1 saturated carbocycles. The van der Waals surface area contributed by atoms with E-state index in [-0.39, 0.29) is 24.4 Å². The number of rotatable bonds is 5. The van der Waals surface area contributed by atoms with Crippen LogP contribution in [0.2, 0.25) is 0 Å². The summed E-state index contributed by atoms with van der Waals surface area (Å²) in [5.41, 5.74) is 0. The monoisotopic (exact) mass is 269 g/mol. The van der Waals surface area contributed by atoms with Crippen molar-refractivity contribution in [1.82, 2.24) is 5.32 Å². The first-order chi connectivity index (χ1) is 8.91. The minimum atomic E-state index is -0.305. The average Bonchev–Trinajstić information content (AvgIpc) is 2.33. The van der Waals surface area contributed by atoms with Crippen molar-refractivity contribution in [2.24, 2.45) is 23.7 Å². The predicted molar refractivity (Wildman–Crippen MR) is 74.5 cm³/mol. The molecule has 0 aromatic rings. The van der Waals surface area contributed by atoms with Gasteiger partial charge in [0.25, 0.3) is 0 Å². The Morgan fingerprint density at radius 1 is 1.32 bits per heavy atom. The van der Waals surface area contributed by atoms with Gasteiger partial charge in [-0.25, -0.2) is 0 Å². The second-order valence-electron chi connectivity index (χ2n) is 6.03. The van der Waals surface area contributed by atoms with Gasteiger partial charge in [0, 0.05) is 12.8 Å². The maximum absolute atomic E-state index is 12.0. The van der Waals surface area contributed by atoms with Crippen molar-refractivity contribution < 1.29 is 14.3 Å². The first-order valence-electron chi connectivity index (χ1n) is 7.32. The van der Waals surface area contributed by atoms with E-state index >= 15 is 0 Å². The molecule has 0 aliphatic heterocycles. The van der Waals surface area contributed by atoms with Crippen molar-refractivity contribution in [3.8, 4) is 0 Å². The van der Waals surface area contributed by atoms with E-state index in [9.17, 15) is 9.59 Å². The highest BCUT2D eigenvalue weighted by Crippen LogP contribution is 2.37. The summed E-state index contributed by atoms with van der Waals surface area (Å²) in [4.78, 5) is 22.6. The molecule has 0 bridgehead atoms. The maximum atomic E-state index is 12.0. The van der Waals surface area contributed by atoms with Gasteiger partial charge in [0.05, 0.1) is 6.54 Å². The third-order valence-electron chi connectivity index (χ3n) is 4.17. The molecule has 1 aliphatic carbocycles. The molecule has 110 valence electrons. The summed E-state index contributed by atoms with van der Waals surface area (Å²) in [5, 5.41) is 2.86. The van der Waals surface area contributed by atoms with Crippen LogP contribution in [-0.4, -0.2) is 25.0 Å². The van der Waals surface area contributed by atoms with E-state index in [4.69, 9.17) is 4.74 Å². The molecular weight excluding hydrogens is 242 g/mol. The van der Waals surface area contributed by atoms with Crippen LogP contribution in [0.15, 0.2) is 0 Å². The van der Waals surface area contributed by atoms with Gasteiger partial charge >= 0.3 is 5.97 Å². The lowest BCUT2D eigenvalue weighted by atomic mass is 9.70. The fraction of sp³-hybridized carbons (Fsp3) is 0.867. The van der Waals surface area contributed by atoms with Crippen molar-refractivity contribution in [2.45, 2.75) is 47.0 Å². The molecule has 4 heteroatoms. The quantitative estimate of drug-likeness (QED) is 0.616. The van der Waals surface area contributed by atoms with Crippen LogP contribution in [0, 0.1) is 23.7 Å². The average molecular weight is 269 g/mol. The number of hydrogen-bond donors (Lipinski definition) is 1. The highest BCUT2D eigenvalue weighted by atomic mass is 16.5. The number of esters is 1. The second kappa shape index (κ2) is 7.51. The van der Waals surface area contributed by atoms with Crippen LogP contribution in [0.1, 0.15) is 47.0 Å². The Kier molecular flexibility index (Phi) is 6.32. The summed E-state index contributed by atoms with van der Waals surface area (Å²) in [5.74, 6) is 1.98. The number of ether oxygens (including phenoxy) is 1. The van der Waals surface area contributed by atoms with Gasteiger partial charge in [-0.3, -0.25) is 9.59 Å². The smallest absolute Gasteiger partial charge is 0.302 e. The molecule has 1 rings (SSSR count). The summed E-state index contributed by atoms with van der Waals surface area (Å²) < 4.78 is 4.80. The molecule has 3 unspecified atom stereocenters. The zero-order chi connectivity index (χ0) is 14.4. The SMILES string of the molecule is CC(=O)OCCNC(=O)C1CCC(C(C)C)C(C)C1. The third kappa shape index (κ3) is 5.21. The molecule has 0 spiro atoms. The molecule has 19 heavy (non-hydrogen) atoms. The molecule has 0 radical (unpaired) electrons. The van der Waals surface area contributed by atoms with Crippen LogP contribution in [0.5, 0.6) is 0 Å². The zero-order valence-electron chi connectivity index (χ0n) is 12.6. The lowest BCUT2D eigenvalue weighted by Crippen LogP contribution is -2.38. The van der Waals surface area contributed by atoms with E-state index < -0.39 is 0 Å². The Bertz CT molecular complexity index is 315. The van der Waals surface area contributed by atoms with Crippen LogP contribution < -0.4 is 5.32 Å². The normalized spacial score (nSPS) is 27.1. The van der Waals surface area contributed by atoms with Gasteiger partial charge in [0.2, 0.25) is 5.91 Å². The fourth-order valence-electron chi connectivity index (χ4n) is 3.16. The number of carbonyl (C=O) groups is 2. The first-order valence-corrected chi connectivity index (χ1v) is 7.32. The highest BCUT2D eigenvalue weighted by Gasteiger charge is 2.32. The van der Waals surface area contributed by atoms with E-state index in [2.05, 4.69) is 26.1 Å². The van der Waals surface area contributed by atoms with Crippen LogP contribution in [0.25, 0.3) is 0 Å². The summed E-state index contributed by atoms with van der Waals surface area (Å²) in [7, 11) is 0. The number of carbonyl (C=O) groups excluding carboxylic acids is 2. The van der Waals surface area contributed by atoms with Crippen molar-refractivity contribution in [1.29, 1.82) is 0 Å². The Hall–Kier alpha value is -1.06. The highest BCUT2D eigenvalue weighted by molar-refractivity contribution is 5.78. The van der Waals surface area contributed by atoms with Gasteiger partial charge in [-0.1, -0.05) is 20.8 Å². The van der Waals surface area contributed by atoms with Crippen LogP contribution in [0.3, 0.4) is 0 Å². The third-order valence-corrected chi connectivity index (χ3v) is 4.17. The van der Waals surface area contributed by atoms with Crippen LogP contribution in [0.4, 0.5) is 0 Å². The van der Waals surface area contributed by atoms with E-state index in [0.717, 1.165) is 25.2 Å². The maximum Gasteiger partial charge on any atom is 0.302 e. The Labute approximate surface area is 116 Å². The fourth-order valence-corrected chi connectivity index (χ4v) is 3.16. The van der Waals surface area contributed by atoms with Crippen LogP contribution in [-0.2, 0) is 14.3 Å². The summed E-state index contributed by atoms with van der Waals surface area (Å²) >= 11 is 0. The van der Waals surface area contributed by atoms with Gasteiger partial charge in [-0.2, -0.15) is 0 Å². The summed E-state index contributed by atoms with van der Waals surface area (Å²) in [6.07, 6.45) is 3.09. The van der Waals surface area contributed by atoms with Gasteiger partial charge in [-0.05, 0) is 37.0 Å². The van der Waals surface area contributed by atoms with Crippen molar-refractivity contribution >= 4 is 11.9 Å². The first kappa shape index (κ1) is 16.0. The van der Waals surface area contributed by atoms with Gasteiger partial charge in [0.1, 0.15) is 6.61 Å². The molecular formula is C15H27NO3. The lowest BCUT2D eigenvalue weighted by molar-refractivity contribution is -0.141. The molecule has 1 N–H and O–H groups in total. The largest absolute Gasteiger partial charge is 0.464 e. The Morgan fingerprint density at radius 2 is 2.00 bits per heavy atom. The van der Waals surface area contributed by atoms with Gasteiger partial charge in [0.15, 0.2) is 0 Å². The minimum Gasteiger partial charge on any atom is -0.464 e. The molecule has 1 fully saturated rings. The summed E-state index contributed by atoms with van der Waals surface area (Å²) in [6.45, 7) is 8.83. The molecule has 3 atom stereocenters. The Morgan fingerprint density at radius 3 is 2.53 bits per heavy atom. The number of nitrogens with one attached hydrogen (secondary N) is 1. The standard InChI is InChI=1S/C15H27NO3/c1-10(2)14-6-5-13(9-11(14)3)15(18)16-7-8-19-12(4)17/h10-11,13-14H,5-9H2,1-4H3,(H,16,18). The van der Waals surface area contributed by atoms with E-state index in [1.54, 1.807) is 0 Å². The van der Waals surface area contributed by atoms with Crippen LogP contribution >= 0.6 is 0 Å². The van der Waals surface area contributed by atoms with Crippen molar-refractivity contribution in [3.63, 3.8) is 0 Å². The predicted octanol–water partition coefficient (Wildman–Crippen LogP) is 2.37. The van der Waals surface area contributed by atoms with Gasteiger partial charge < -0.3 is 10.1 Å². The Balaban J connectivity index is 2.29. The molecule has 4 nitrogen and oxygen atoms in total. The van der Waals surface area contributed by atoms with E-state index in [0.29, 0.717) is 18.4 Å². The van der Waals surface area contributed by atoms with E-state index in [1.807, 2.05) is 0 Å². The zero-order valence-corrected chi connectivity index (χ0v) is 12.6. The molecule has 1 aliphatic rings. The molecule has 0 aromatic heterocycles. The topological polar surface area (TPSA) is 55.4 Å². The van der Waals surface area contributed by atoms with Crippen molar-refractivity contribution in [2.75, 3.05) is 13.2 Å².